The van der Waals surface area contributed by atoms with Crippen LogP contribution in [0.15, 0.2) is 29.3 Å². The van der Waals surface area contributed by atoms with Crippen molar-refractivity contribution >= 4 is 17.7 Å². The Morgan fingerprint density at radius 2 is 1.60 bits per heavy atom. The van der Waals surface area contributed by atoms with Crippen molar-refractivity contribution in [2.45, 2.75) is 114 Å². The number of hydrogen-bond donors (Lipinski definition) is 0. The van der Waals surface area contributed by atoms with Crippen LogP contribution in [0.1, 0.15) is 84.0 Å². The molecule has 190 valence electrons. The number of allylic oxidation sites excluding steroid dienone is 2. The Morgan fingerprint density at radius 1 is 0.914 bits per heavy atom. The largest absolute Gasteiger partial charge is 0.460 e. The summed E-state index contributed by atoms with van der Waals surface area (Å²) in [7, 11) is 0. The summed E-state index contributed by atoms with van der Waals surface area (Å²) in [6.45, 7) is 2.10. The maximum absolute atomic E-state index is 13.7. The van der Waals surface area contributed by atoms with Gasteiger partial charge in [0.1, 0.15) is 0 Å². The zero-order chi connectivity index (χ0) is 23.9. The number of hydrogen-bond acceptors (Lipinski definition) is 5. The highest BCUT2D eigenvalue weighted by atomic mass is 16.5. The first-order valence-corrected chi connectivity index (χ1v) is 14.3. The predicted octanol–water partition coefficient (Wildman–Crippen LogP) is 4.65. The van der Waals surface area contributed by atoms with E-state index in [2.05, 4.69) is 11.0 Å². The van der Waals surface area contributed by atoms with E-state index in [0.717, 1.165) is 24.7 Å². The first kappa shape index (κ1) is 23.4. The van der Waals surface area contributed by atoms with Crippen molar-refractivity contribution in [3.63, 3.8) is 0 Å². The van der Waals surface area contributed by atoms with Crippen LogP contribution in [0.3, 0.4) is 0 Å². The molecular formula is C29H41N3O3. The molecule has 0 aromatic heterocycles. The number of ether oxygens (including phenoxy) is 1. The van der Waals surface area contributed by atoms with Crippen molar-refractivity contribution in [3.8, 4) is 0 Å². The van der Waals surface area contributed by atoms with Gasteiger partial charge in [0.15, 0.2) is 0 Å². The number of fused-ring (bicyclic) bond motifs is 5. The van der Waals surface area contributed by atoms with Crippen LogP contribution in [0.5, 0.6) is 0 Å². The number of piperidine rings is 2. The lowest BCUT2D eigenvalue weighted by molar-refractivity contribution is -0.140. The Hall–Kier alpha value is -1.95. The van der Waals surface area contributed by atoms with Gasteiger partial charge in [-0.25, -0.2) is 4.79 Å². The number of esters is 1. The maximum atomic E-state index is 13.7. The minimum Gasteiger partial charge on any atom is -0.460 e. The van der Waals surface area contributed by atoms with Gasteiger partial charge in [0.05, 0.1) is 12.6 Å². The Kier molecular flexibility index (Phi) is 6.59. The van der Waals surface area contributed by atoms with Crippen molar-refractivity contribution in [2.75, 3.05) is 6.61 Å². The van der Waals surface area contributed by atoms with Crippen molar-refractivity contribution in [1.82, 2.24) is 9.80 Å². The Morgan fingerprint density at radius 3 is 2.31 bits per heavy atom. The zero-order valence-corrected chi connectivity index (χ0v) is 21.2. The molecule has 3 aliphatic heterocycles. The first-order valence-electron chi connectivity index (χ1n) is 14.3. The molecule has 0 aromatic rings. The normalized spacial score (nSPS) is 41.1. The van der Waals surface area contributed by atoms with E-state index in [1.165, 1.54) is 57.8 Å². The SMILES string of the molecule is CCOC(=O)C1=NC2C=CC=CC2CC(=O)N1C1CC2CCCC(C1)N2C1CC2CCCC(C2)C1. The Bertz CT molecular complexity index is 900. The van der Waals surface area contributed by atoms with E-state index >= 15 is 0 Å². The molecule has 1 amide bonds. The maximum Gasteiger partial charge on any atom is 0.374 e. The molecule has 6 nitrogen and oxygen atoms in total. The van der Waals surface area contributed by atoms with E-state index in [0.29, 0.717) is 24.5 Å². The molecule has 3 heterocycles. The van der Waals surface area contributed by atoms with Crippen LogP contribution in [-0.2, 0) is 14.3 Å². The first-order chi connectivity index (χ1) is 17.1. The summed E-state index contributed by atoms with van der Waals surface area (Å²) in [4.78, 5) is 36.3. The minimum absolute atomic E-state index is 0.0168. The van der Waals surface area contributed by atoms with Crippen LogP contribution in [0, 0.1) is 17.8 Å². The van der Waals surface area contributed by atoms with Gasteiger partial charge in [-0.15, -0.1) is 0 Å². The van der Waals surface area contributed by atoms with E-state index in [9.17, 15) is 9.59 Å². The highest BCUT2D eigenvalue weighted by Crippen LogP contribution is 2.46. The fourth-order valence-corrected chi connectivity index (χ4v) is 8.45. The number of amides is 1. The summed E-state index contributed by atoms with van der Waals surface area (Å²) in [5.74, 6) is 1.69. The lowest BCUT2D eigenvalue weighted by Crippen LogP contribution is -2.62. The van der Waals surface area contributed by atoms with Gasteiger partial charge in [-0.05, 0) is 63.7 Å². The zero-order valence-electron chi connectivity index (χ0n) is 21.2. The summed E-state index contributed by atoms with van der Waals surface area (Å²) in [6, 6.07) is 1.60. The van der Waals surface area contributed by atoms with Gasteiger partial charge in [0, 0.05) is 36.5 Å². The Balaban J connectivity index is 1.26. The molecular weight excluding hydrogens is 438 g/mol. The van der Waals surface area contributed by atoms with Crippen LogP contribution in [-0.4, -0.2) is 64.3 Å². The monoisotopic (exact) mass is 479 g/mol. The number of carbonyl (C=O) groups excluding carboxylic acids is 2. The number of aliphatic imine (C=N–C) groups is 1. The number of nitrogens with zero attached hydrogens (tertiary/aromatic N) is 3. The van der Waals surface area contributed by atoms with Crippen molar-refractivity contribution in [3.05, 3.63) is 24.3 Å². The van der Waals surface area contributed by atoms with E-state index in [1.807, 2.05) is 25.2 Å². The molecule has 6 rings (SSSR count). The quantitative estimate of drug-likeness (QED) is 0.551. The second-order valence-electron chi connectivity index (χ2n) is 11.9. The molecule has 2 saturated carbocycles. The Labute approximate surface area is 209 Å². The molecule has 6 unspecified atom stereocenters. The molecule has 6 heteroatoms. The lowest BCUT2D eigenvalue weighted by Gasteiger charge is -2.56. The highest BCUT2D eigenvalue weighted by Gasteiger charge is 2.48. The van der Waals surface area contributed by atoms with Gasteiger partial charge in [0.25, 0.3) is 0 Å². The fraction of sp³-hybridized carbons (Fsp3) is 0.759. The third kappa shape index (κ3) is 4.52. The van der Waals surface area contributed by atoms with Gasteiger partial charge in [-0.3, -0.25) is 19.6 Å². The van der Waals surface area contributed by atoms with Crippen LogP contribution in [0.2, 0.25) is 0 Å². The summed E-state index contributed by atoms with van der Waals surface area (Å²) < 4.78 is 5.42. The predicted molar refractivity (Wildman–Crippen MR) is 136 cm³/mol. The highest BCUT2D eigenvalue weighted by molar-refractivity contribution is 6.38. The molecule has 2 saturated heterocycles. The van der Waals surface area contributed by atoms with Crippen LogP contribution >= 0.6 is 0 Å². The van der Waals surface area contributed by atoms with Crippen LogP contribution in [0.4, 0.5) is 0 Å². The second-order valence-corrected chi connectivity index (χ2v) is 11.9. The number of carbonyl (C=O) groups is 2. The lowest BCUT2D eigenvalue weighted by atomic mass is 9.68. The summed E-state index contributed by atoms with van der Waals surface area (Å²) in [6.07, 6.45) is 22.5. The van der Waals surface area contributed by atoms with Gasteiger partial charge >= 0.3 is 5.97 Å². The summed E-state index contributed by atoms with van der Waals surface area (Å²) in [5, 5.41) is 0. The number of rotatable bonds is 4. The molecule has 0 aromatic carbocycles. The van der Waals surface area contributed by atoms with Crippen molar-refractivity contribution in [1.29, 1.82) is 0 Å². The van der Waals surface area contributed by atoms with Crippen LogP contribution in [0.25, 0.3) is 0 Å². The molecule has 4 fully saturated rings. The van der Waals surface area contributed by atoms with Gasteiger partial charge in [0.2, 0.25) is 11.7 Å². The number of amidine groups is 1. The molecule has 4 bridgehead atoms. The standard InChI is InChI=1S/C29H41N3O3/c1-2-35-29(34)28-30-26-12-4-3-9-21(26)16-27(33)32(28)25-17-22-10-6-11-23(18-25)31(22)24-14-19-7-5-8-20(13-19)15-24/h3-4,9,12,19-26H,2,5-8,10-11,13-18H2,1H3. The summed E-state index contributed by atoms with van der Waals surface area (Å²) in [5.41, 5.74) is 0. The van der Waals surface area contributed by atoms with Crippen molar-refractivity contribution in [2.24, 2.45) is 22.7 Å². The molecule has 0 N–H and O–H groups in total. The van der Waals surface area contributed by atoms with E-state index in [-0.39, 0.29) is 36.4 Å². The van der Waals surface area contributed by atoms with E-state index in [1.54, 1.807) is 4.90 Å². The molecule has 35 heavy (non-hydrogen) atoms. The molecule has 0 radical (unpaired) electrons. The molecule has 6 atom stereocenters. The third-order valence-corrected chi connectivity index (χ3v) is 9.75. The molecule has 0 spiro atoms. The van der Waals surface area contributed by atoms with Crippen molar-refractivity contribution < 1.29 is 14.3 Å². The fourth-order valence-electron chi connectivity index (χ4n) is 8.45. The van der Waals surface area contributed by atoms with E-state index < -0.39 is 5.97 Å². The van der Waals surface area contributed by atoms with E-state index in [4.69, 9.17) is 9.73 Å². The average Bonchev–Trinajstić information content (AvgIpc) is 2.99. The molecule has 3 aliphatic carbocycles. The molecule has 6 aliphatic rings. The van der Waals surface area contributed by atoms with Gasteiger partial charge in [-0.2, -0.15) is 0 Å². The minimum atomic E-state index is -0.447. The topological polar surface area (TPSA) is 62.2 Å². The van der Waals surface area contributed by atoms with Gasteiger partial charge in [-0.1, -0.05) is 50.0 Å². The third-order valence-electron chi connectivity index (χ3n) is 9.75. The van der Waals surface area contributed by atoms with Gasteiger partial charge < -0.3 is 4.74 Å². The summed E-state index contributed by atoms with van der Waals surface area (Å²) >= 11 is 0. The smallest absolute Gasteiger partial charge is 0.374 e. The second kappa shape index (κ2) is 9.84. The average molecular weight is 480 g/mol. The van der Waals surface area contributed by atoms with Crippen LogP contribution < -0.4 is 0 Å².